The molecule has 0 saturated heterocycles. The number of allylic oxidation sites excluding steroid dienone is 5. The number of halogens is 2. The van der Waals surface area contributed by atoms with Crippen LogP contribution in [0.25, 0.3) is 0 Å². The first-order chi connectivity index (χ1) is 13.7. The molecule has 1 heterocycles. The van der Waals surface area contributed by atoms with Gasteiger partial charge in [0.1, 0.15) is 11.5 Å². The second kappa shape index (κ2) is 16.7. The first kappa shape index (κ1) is 29.0. The zero-order valence-corrected chi connectivity index (χ0v) is 18.9. The van der Waals surface area contributed by atoms with Crippen LogP contribution >= 0.6 is 23.2 Å². The Morgan fingerprint density at radius 2 is 1.90 bits per heavy atom. The number of nitrogens with zero attached hydrogens (tertiary/aromatic N) is 1. The molecule has 0 radical (unpaired) electrons. The average Bonchev–Trinajstić information content (AvgIpc) is 2.73. The third-order valence-corrected chi connectivity index (χ3v) is 3.73. The molecule has 1 rings (SSSR count). The maximum absolute atomic E-state index is 11.2. The highest BCUT2D eigenvalue weighted by Crippen LogP contribution is 2.18. The third-order valence-electron chi connectivity index (χ3n) is 3.22. The van der Waals surface area contributed by atoms with Gasteiger partial charge in [-0.15, -0.1) is 11.6 Å². The number of nitrogens with two attached hydrogens (primary N) is 1. The molecule has 0 aliphatic rings. The van der Waals surface area contributed by atoms with Crippen LogP contribution in [0.2, 0.25) is 0 Å². The number of aromatic nitrogens is 1. The number of hydrogen-bond acceptors (Lipinski definition) is 5. The van der Waals surface area contributed by atoms with Gasteiger partial charge in [-0.3, -0.25) is 14.6 Å². The Balaban J connectivity index is 0. The lowest BCUT2D eigenvalue weighted by atomic mass is 10.1. The summed E-state index contributed by atoms with van der Waals surface area (Å²) in [4.78, 5) is 26.1. The molecule has 0 aliphatic carbocycles. The van der Waals surface area contributed by atoms with Crippen LogP contribution in [-0.4, -0.2) is 33.6 Å². The van der Waals surface area contributed by atoms with Gasteiger partial charge in [0, 0.05) is 13.1 Å². The Kier molecular flexibility index (Phi) is 16.7. The number of hydrogen-bond donors (Lipinski definition) is 2. The van der Waals surface area contributed by atoms with Crippen molar-refractivity contribution in [3.05, 3.63) is 77.3 Å². The van der Waals surface area contributed by atoms with Crippen LogP contribution in [-0.2, 0) is 0 Å². The van der Waals surface area contributed by atoms with Crippen molar-refractivity contribution in [2.75, 3.05) is 6.54 Å². The van der Waals surface area contributed by atoms with Crippen molar-refractivity contribution in [1.82, 2.24) is 4.98 Å². The predicted octanol–water partition coefficient (Wildman–Crippen LogP) is 5.76. The van der Waals surface area contributed by atoms with E-state index < -0.39 is 5.38 Å². The molecular formula is C22H30Cl2N2O3. The van der Waals surface area contributed by atoms with Crippen molar-refractivity contribution in [3.8, 4) is 0 Å². The molecular weight excluding hydrogens is 411 g/mol. The molecule has 7 heteroatoms. The van der Waals surface area contributed by atoms with E-state index in [1.807, 2.05) is 13.8 Å². The van der Waals surface area contributed by atoms with E-state index in [1.54, 1.807) is 31.2 Å². The minimum atomic E-state index is -0.498. The van der Waals surface area contributed by atoms with Crippen LogP contribution < -0.4 is 5.73 Å². The average molecular weight is 441 g/mol. The first-order valence-electron chi connectivity index (χ1n) is 9.08. The highest BCUT2D eigenvalue weighted by Gasteiger charge is 2.12. The van der Waals surface area contributed by atoms with Crippen LogP contribution in [0.5, 0.6) is 0 Å². The van der Waals surface area contributed by atoms with Gasteiger partial charge in [0.2, 0.25) is 0 Å². The molecule has 5 nitrogen and oxygen atoms in total. The Morgan fingerprint density at radius 3 is 2.31 bits per heavy atom. The highest BCUT2D eigenvalue weighted by molar-refractivity contribution is 6.32. The maximum atomic E-state index is 11.2. The van der Waals surface area contributed by atoms with Gasteiger partial charge in [0.25, 0.3) is 0 Å². The lowest BCUT2D eigenvalue weighted by Crippen LogP contribution is -2.06. The summed E-state index contributed by atoms with van der Waals surface area (Å²) in [6.45, 7) is 14.5. The normalized spacial score (nSPS) is 12.2. The van der Waals surface area contributed by atoms with Crippen LogP contribution in [0.15, 0.2) is 66.1 Å². The largest absolute Gasteiger partial charge is 0.509 e. The fraction of sp³-hybridized carbons (Fsp3) is 0.318. The summed E-state index contributed by atoms with van der Waals surface area (Å²) in [5.74, 6) is -0.534. The summed E-state index contributed by atoms with van der Waals surface area (Å²) >= 11 is 11.5. The summed E-state index contributed by atoms with van der Waals surface area (Å²) in [6.07, 6.45) is 6.60. The van der Waals surface area contributed by atoms with Crippen molar-refractivity contribution < 1.29 is 14.7 Å². The fourth-order valence-electron chi connectivity index (χ4n) is 1.82. The number of rotatable bonds is 8. The number of ketones is 2. The monoisotopic (exact) mass is 440 g/mol. The minimum Gasteiger partial charge on any atom is -0.509 e. The molecule has 0 bridgehead atoms. The summed E-state index contributed by atoms with van der Waals surface area (Å²) in [6, 6.07) is 3.18. The number of alkyl halides is 1. The molecule has 0 aromatic carbocycles. The van der Waals surface area contributed by atoms with Gasteiger partial charge >= 0.3 is 0 Å². The zero-order chi connectivity index (χ0) is 23.0. The number of Topliss-reactive ketones (excluding diaryl/α,β-unsaturated/α-hetero) is 1. The van der Waals surface area contributed by atoms with E-state index in [2.05, 4.69) is 18.1 Å². The van der Waals surface area contributed by atoms with Gasteiger partial charge in [-0.1, -0.05) is 44.7 Å². The minimum absolute atomic E-state index is 0.0373. The molecule has 3 N–H and O–H groups in total. The molecule has 1 aromatic heterocycles. The van der Waals surface area contributed by atoms with Gasteiger partial charge < -0.3 is 10.8 Å². The Morgan fingerprint density at radius 1 is 1.31 bits per heavy atom. The number of carbonyl (C=O) groups is 2. The molecule has 0 fully saturated rings. The smallest absolute Gasteiger partial charge is 0.187 e. The zero-order valence-electron chi connectivity index (χ0n) is 17.4. The van der Waals surface area contributed by atoms with Crippen LogP contribution in [0, 0.1) is 0 Å². The van der Waals surface area contributed by atoms with E-state index in [9.17, 15) is 14.7 Å². The standard InChI is InChI=1S/C10H15Cl2NO.C10H9NO2.C2H6/c1-3-8(4-5-13)6-9(12)10(14)7(2)11;1-3-9(13)8-5-4-6-11-10(8)7(2)12;1-2/h3,6-7,14H,1,4-5,13H2,2H3;3-6H,1H2,2H3;1-2H3/b8-6+,10-9-;;. The van der Waals surface area contributed by atoms with E-state index >= 15 is 0 Å². The van der Waals surface area contributed by atoms with Gasteiger partial charge in [0.05, 0.1) is 16.0 Å². The lowest BCUT2D eigenvalue weighted by molar-refractivity contribution is 0.0988. The van der Waals surface area contributed by atoms with E-state index in [-0.39, 0.29) is 28.1 Å². The molecule has 1 atom stereocenters. The van der Waals surface area contributed by atoms with E-state index in [0.29, 0.717) is 18.5 Å². The van der Waals surface area contributed by atoms with Crippen molar-refractivity contribution in [1.29, 1.82) is 0 Å². The van der Waals surface area contributed by atoms with Crippen LogP contribution in [0.3, 0.4) is 0 Å². The predicted molar refractivity (Wildman–Crippen MR) is 123 cm³/mol. The summed E-state index contributed by atoms with van der Waals surface area (Å²) in [5.41, 5.74) is 6.77. The maximum Gasteiger partial charge on any atom is 0.187 e. The lowest BCUT2D eigenvalue weighted by Gasteiger charge is -2.04. The molecule has 0 amide bonds. The summed E-state index contributed by atoms with van der Waals surface area (Å²) < 4.78 is 0. The first-order valence-corrected chi connectivity index (χ1v) is 9.89. The third kappa shape index (κ3) is 11.4. The molecule has 29 heavy (non-hydrogen) atoms. The second-order valence-electron chi connectivity index (χ2n) is 5.34. The number of pyridine rings is 1. The Hall–Kier alpha value is -2.21. The SMILES string of the molecule is C=C/C(=C\C(Cl)=C(\O)C(C)Cl)CCN.C=CC(=O)c1cccnc1C(C)=O.CC. The Bertz CT molecular complexity index is 754. The number of aliphatic hydroxyl groups excluding tert-OH is 1. The van der Waals surface area contributed by atoms with Crippen LogP contribution in [0.1, 0.15) is 55.0 Å². The van der Waals surface area contributed by atoms with Crippen molar-refractivity contribution >= 4 is 34.8 Å². The van der Waals surface area contributed by atoms with Crippen molar-refractivity contribution in [2.45, 2.75) is 39.5 Å². The molecule has 1 unspecified atom stereocenters. The fourth-order valence-corrected chi connectivity index (χ4v) is 2.30. The topological polar surface area (TPSA) is 93.3 Å². The van der Waals surface area contributed by atoms with Crippen molar-refractivity contribution in [3.63, 3.8) is 0 Å². The quantitative estimate of drug-likeness (QED) is 0.176. The van der Waals surface area contributed by atoms with Crippen molar-refractivity contribution in [2.24, 2.45) is 5.73 Å². The molecule has 0 spiro atoms. The highest BCUT2D eigenvalue weighted by atomic mass is 35.5. The van der Waals surface area contributed by atoms with Gasteiger partial charge in [-0.05, 0) is 49.7 Å². The van der Waals surface area contributed by atoms with Gasteiger partial charge in [-0.25, -0.2) is 0 Å². The number of aliphatic hydroxyl groups is 1. The second-order valence-corrected chi connectivity index (χ2v) is 6.40. The van der Waals surface area contributed by atoms with Crippen LogP contribution in [0.4, 0.5) is 0 Å². The number of carbonyl (C=O) groups excluding carboxylic acids is 2. The Labute approximate surface area is 183 Å². The van der Waals surface area contributed by atoms with E-state index in [1.165, 1.54) is 19.2 Å². The molecule has 0 saturated carbocycles. The summed E-state index contributed by atoms with van der Waals surface area (Å²) in [7, 11) is 0. The van der Waals surface area contributed by atoms with E-state index in [0.717, 1.165) is 5.57 Å². The van der Waals surface area contributed by atoms with Gasteiger partial charge in [-0.2, -0.15) is 0 Å². The molecule has 1 aromatic rings. The summed E-state index contributed by atoms with van der Waals surface area (Å²) in [5, 5.41) is 9.15. The van der Waals surface area contributed by atoms with Gasteiger partial charge in [0.15, 0.2) is 11.6 Å². The molecule has 0 aliphatic heterocycles. The van der Waals surface area contributed by atoms with E-state index in [4.69, 9.17) is 28.9 Å². The molecule has 160 valence electrons.